The van der Waals surface area contributed by atoms with Crippen LogP contribution in [0.25, 0.3) is 0 Å². The Morgan fingerprint density at radius 1 is 0.837 bits per heavy atom. The minimum atomic E-state index is -3.84. The number of rotatable bonds is 9. The van der Waals surface area contributed by atoms with E-state index in [1.54, 1.807) is 6.07 Å². The number of carbonyl (C=O) groups is 1. The number of sulfonamides is 2. The fourth-order valence-electron chi connectivity index (χ4n) is 8.03. The van der Waals surface area contributed by atoms with E-state index in [0.717, 1.165) is 39.4 Å². The smallest absolute Gasteiger partial charge is 0.261 e. The highest BCUT2D eigenvalue weighted by Crippen LogP contribution is 2.60. The Bertz CT molecular complexity index is 1720. The Morgan fingerprint density at radius 2 is 1.42 bits per heavy atom. The molecule has 0 spiro atoms. The summed E-state index contributed by atoms with van der Waals surface area (Å²) in [5.41, 5.74) is 4.64. The lowest BCUT2D eigenvalue weighted by molar-refractivity contribution is -0.114. The van der Waals surface area contributed by atoms with Gasteiger partial charge in [0.2, 0.25) is 15.9 Å². The van der Waals surface area contributed by atoms with Gasteiger partial charge in [-0.1, -0.05) is 29.8 Å². The molecule has 0 unspecified atom stereocenters. The van der Waals surface area contributed by atoms with Gasteiger partial charge in [-0.15, -0.1) is 0 Å². The van der Waals surface area contributed by atoms with E-state index in [-0.39, 0.29) is 10.3 Å². The van der Waals surface area contributed by atoms with Crippen LogP contribution in [-0.4, -0.2) is 35.5 Å². The number of aryl methyl sites for hydroxylation is 2. The summed E-state index contributed by atoms with van der Waals surface area (Å²) >= 11 is 0. The molecule has 4 bridgehead atoms. The first-order chi connectivity index (χ1) is 20.3. The first-order valence-corrected chi connectivity index (χ1v) is 18.2. The van der Waals surface area contributed by atoms with Gasteiger partial charge in [0, 0.05) is 5.69 Å². The SMILES string of the molecule is Cc1ccc(NS(=O)(=O)c2ccc(NC(=O)CN(c3ccc(C45CC6CC(CC(C6)C4)C5)cc3)S(C)(=O)=O)cc2)c(C)c1. The molecule has 228 valence electrons. The zero-order valence-corrected chi connectivity index (χ0v) is 26.5. The Kier molecular flexibility index (Phi) is 7.57. The van der Waals surface area contributed by atoms with Crippen molar-refractivity contribution in [1.29, 1.82) is 0 Å². The number of benzene rings is 3. The van der Waals surface area contributed by atoms with Crippen LogP contribution in [0.15, 0.2) is 71.6 Å². The molecular formula is C33H39N3O5S2. The van der Waals surface area contributed by atoms with Crippen LogP contribution in [0.1, 0.15) is 55.2 Å². The lowest BCUT2D eigenvalue weighted by atomic mass is 9.48. The predicted octanol–water partition coefficient (Wildman–Crippen LogP) is 5.98. The van der Waals surface area contributed by atoms with Gasteiger partial charge in [-0.2, -0.15) is 0 Å². The van der Waals surface area contributed by atoms with Gasteiger partial charge >= 0.3 is 0 Å². The maximum absolute atomic E-state index is 13.0. The first-order valence-electron chi connectivity index (χ1n) is 14.9. The number of nitrogens with zero attached hydrogens (tertiary/aromatic N) is 1. The average molecular weight is 622 g/mol. The predicted molar refractivity (Wildman–Crippen MR) is 170 cm³/mol. The molecule has 3 aromatic rings. The molecule has 4 aliphatic carbocycles. The fourth-order valence-corrected chi connectivity index (χ4v) is 10.0. The van der Waals surface area contributed by atoms with E-state index >= 15 is 0 Å². The van der Waals surface area contributed by atoms with Crippen LogP contribution < -0.4 is 14.3 Å². The molecule has 7 rings (SSSR count). The van der Waals surface area contributed by atoms with E-state index in [1.165, 1.54) is 68.4 Å². The average Bonchev–Trinajstić information content (AvgIpc) is 2.92. The number of hydrogen-bond acceptors (Lipinski definition) is 5. The van der Waals surface area contributed by atoms with Crippen molar-refractivity contribution in [2.24, 2.45) is 17.8 Å². The van der Waals surface area contributed by atoms with Gasteiger partial charge in [-0.05, 0) is 129 Å². The molecule has 43 heavy (non-hydrogen) atoms. The van der Waals surface area contributed by atoms with E-state index in [1.807, 2.05) is 38.1 Å². The number of carbonyl (C=O) groups excluding carboxylic acids is 1. The van der Waals surface area contributed by atoms with Crippen LogP contribution in [0, 0.1) is 31.6 Å². The molecule has 0 aromatic heterocycles. The van der Waals surface area contributed by atoms with Crippen molar-refractivity contribution < 1.29 is 21.6 Å². The summed E-state index contributed by atoms with van der Waals surface area (Å²) in [5.74, 6) is 1.90. The maximum Gasteiger partial charge on any atom is 0.261 e. The lowest BCUT2D eigenvalue weighted by Crippen LogP contribution is -2.48. The normalized spacial score (nSPS) is 24.5. The Balaban J connectivity index is 1.13. The molecule has 0 aliphatic heterocycles. The lowest BCUT2D eigenvalue weighted by Gasteiger charge is -2.57. The number of hydrogen-bond donors (Lipinski definition) is 2. The number of amides is 1. The van der Waals surface area contributed by atoms with Crippen LogP contribution in [-0.2, 0) is 30.3 Å². The van der Waals surface area contributed by atoms with E-state index in [2.05, 4.69) is 22.2 Å². The Labute approximate surface area is 255 Å². The Morgan fingerprint density at radius 3 is 1.95 bits per heavy atom. The molecular weight excluding hydrogens is 583 g/mol. The highest BCUT2D eigenvalue weighted by Gasteiger charge is 2.51. The van der Waals surface area contributed by atoms with Crippen molar-refractivity contribution >= 4 is 43.0 Å². The summed E-state index contributed by atoms with van der Waals surface area (Å²) in [6.45, 7) is 3.37. The van der Waals surface area contributed by atoms with E-state index in [9.17, 15) is 21.6 Å². The standard InChI is InChI=1S/C33H39N3O5S2/c1-22-4-13-31(23(2)14-22)35-43(40,41)30-11-7-28(8-12-30)34-32(37)21-36(42(3,38)39)29-9-5-27(6-10-29)33-18-24-15-25(19-33)17-26(16-24)20-33/h4-14,24-26,35H,15-21H2,1-3H3,(H,34,37). The second-order valence-corrected chi connectivity index (χ2v) is 16.6. The molecule has 10 heteroatoms. The highest BCUT2D eigenvalue weighted by molar-refractivity contribution is 7.92. The third kappa shape index (κ3) is 6.17. The highest BCUT2D eigenvalue weighted by atomic mass is 32.2. The molecule has 0 atom stereocenters. The molecule has 1 amide bonds. The largest absolute Gasteiger partial charge is 0.325 e. The molecule has 0 heterocycles. The summed E-state index contributed by atoms with van der Waals surface area (Å²) in [6.07, 6.45) is 8.83. The summed E-state index contributed by atoms with van der Waals surface area (Å²) in [5, 5.41) is 2.70. The van der Waals surface area contributed by atoms with Crippen molar-refractivity contribution in [2.75, 3.05) is 27.1 Å². The number of nitrogens with one attached hydrogen (secondary N) is 2. The van der Waals surface area contributed by atoms with Gasteiger partial charge in [0.25, 0.3) is 10.0 Å². The van der Waals surface area contributed by atoms with Crippen LogP contribution in [0.5, 0.6) is 0 Å². The number of anilines is 3. The molecule has 4 aliphatic rings. The summed E-state index contributed by atoms with van der Waals surface area (Å²) in [4.78, 5) is 13.0. The van der Waals surface area contributed by atoms with Crippen LogP contribution in [0.3, 0.4) is 0 Å². The van der Waals surface area contributed by atoms with E-state index in [4.69, 9.17) is 0 Å². The third-order valence-corrected chi connectivity index (χ3v) is 12.1. The van der Waals surface area contributed by atoms with Gasteiger partial charge in [0.05, 0.1) is 22.5 Å². The van der Waals surface area contributed by atoms with Gasteiger partial charge in [-0.25, -0.2) is 16.8 Å². The maximum atomic E-state index is 13.0. The molecule has 4 fully saturated rings. The first kappa shape index (κ1) is 29.7. The third-order valence-electron chi connectivity index (χ3n) is 9.57. The van der Waals surface area contributed by atoms with Crippen molar-refractivity contribution in [2.45, 2.75) is 62.7 Å². The van der Waals surface area contributed by atoms with Crippen LogP contribution in [0.2, 0.25) is 0 Å². The van der Waals surface area contributed by atoms with E-state index < -0.39 is 32.5 Å². The van der Waals surface area contributed by atoms with Crippen molar-refractivity contribution in [1.82, 2.24) is 0 Å². The quantitative estimate of drug-likeness (QED) is 0.306. The zero-order chi connectivity index (χ0) is 30.6. The minimum absolute atomic E-state index is 0.0438. The van der Waals surface area contributed by atoms with Crippen molar-refractivity contribution in [3.8, 4) is 0 Å². The van der Waals surface area contributed by atoms with Crippen LogP contribution in [0.4, 0.5) is 17.1 Å². The van der Waals surface area contributed by atoms with Crippen molar-refractivity contribution in [3.05, 3.63) is 83.4 Å². The molecule has 0 radical (unpaired) electrons. The minimum Gasteiger partial charge on any atom is -0.325 e. The summed E-state index contributed by atoms with van der Waals surface area (Å²) in [6, 6.07) is 19.0. The van der Waals surface area contributed by atoms with Gasteiger partial charge in [0.15, 0.2) is 0 Å². The van der Waals surface area contributed by atoms with Crippen molar-refractivity contribution in [3.63, 3.8) is 0 Å². The van der Waals surface area contributed by atoms with Gasteiger partial charge in [0.1, 0.15) is 6.54 Å². The molecule has 8 nitrogen and oxygen atoms in total. The van der Waals surface area contributed by atoms with Gasteiger partial charge < -0.3 is 5.32 Å². The van der Waals surface area contributed by atoms with Gasteiger partial charge in [-0.3, -0.25) is 13.8 Å². The molecule has 2 N–H and O–H groups in total. The molecule has 0 saturated heterocycles. The van der Waals surface area contributed by atoms with E-state index in [0.29, 0.717) is 17.1 Å². The molecule has 4 saturated carbocycles. The topological polar surface area (TPSA) is 113 Å². The zero-order valence-electron chi connectivity index (χ0n) is 24.8. The Hall–Kier alpha value is -3.37. The fraction of sp³-hybridized carbons (Fsp3) is 0.424. The molecule has 3 aromatic carbocycles. The summed E-state index contributed by atoms with van der Waals surface area (Å²) in [7, 11) is -7.58. The summed E-state index contributed by atoms with van der Waals surface area (Å²) < 4.78 is 55.0. The second-order valence-electron chi connectivity index (χ2n) is 13.0. The van der Waals surface area contributed by atoms with Crippen LogP contribution >= 0.6 is 0 Å². The monoisotopic (exact) mass is 621 g/mol. The second kappa shape index (κ2) is 11.0.